The summed E-state index contributed by atoms with van der Waals surface area (Å²) < 4.78 is 76.3. The lowest BCUT2D eigenvalue weighted by Crippen LogP contribution is -2.48. The molecule has 9 nitrogen and oxygen atoms in total. The number of nitrogens with zero attached hydrogens (tertiary/aromatic N) is 1. The molecule has 0 spiro atoms. The van der Waals surface area contributed by atoms with E-state index in [1.54, 1.807) is 30.3 Å². The zero-order valence-electron chi connectivity index (χ0n) is 19.2. The van der Waals surface area contributed by atoms with E-state index in [2.05, 4.69) is 14.4 Å². The predicted octanol–water partition coefficient (Wildman–Crippen LogP) is 4.21. The molecule has 1 saturated carbocycles. The van der Waals surface area contributed by atoms with Crippen molar-refractivity contribution in [2.24, 2.45) is 0 Å². The van der Waals surface area contributed by atoms with Crippen molar-refractivity contribution in [3.8, 4) is 10.6 Å². The minimum absolute atomic E-state index is 0.0399. The van der Waals surface area contributed by atoms with Crippen LogP contribution in [0.4, 0.5) is 13.2 Å². The molecule has 0 radical (unpaired) electrons. The highest BCUT2D eigenvalue weighted by molar-refractivity contribution is 7.91. The molecule has 2 heterocycles. The number of rotatable bonds is 10. The standard InChI is InChI=1S/C23H21F3N2O7S2/c1-14(29)34-11-5-10-21(15-6-3-2-4-7-15)13-22(21,20(30)31)28-37(32,33)19-9-8-17(36-19)16-12-18(35-27-16)23(24,25)26/h2-4,6-9,12,28H,5,10-11,13H2,1H3,(H,30,31)/t21-,22-/m0/s1. The summed E-state index contributed by atoms with van der Waals surface area (Å²) in [4.78, 5) is 23.7. The Labute approximate surface area is 213 Å². The number of hydrogen-bond donors (Lipinski definition) is 2. The van der Waals surface area contributed by atoms with Crippen LogP contribution in [0.5, 0.6) is 0 Å². The number of thiophene rings is 1. The van der Waals surface area contributed by atoms with Crippen LogP contribution < -0.4 is 4.72 Å². The van der Waals surface area contributed by atoms with Gasteiger partial charge < -0.3 is 14.4 Å². The van der Waals surface area contributed by atoms with Crippen LogP contribution in [-0.4, -0.2) is 42.8 Å². The second kappa shape index (κ2) is 9.58. The minimum Gasteiger partial charge on any atom is -0.480 e. The van der Waals surface area contributed by atoms with Crippen LogP contribution in [0.3, 0.4) is 0 Å². The first-order valence-electron chi connectivity index (χ1n) is 10.9. The molecule has 2 N–H and O–H groups in total. The third-order valence-electron chi connectivity index (χ3n) is 6.20. The summed E-state index contributed by atoms with van der Waals surface area (Å²) in [5.41, 5.74) is -2.59. The summed E-state index contributed by atoms with van der Waals surface area (Å²) in [6.07, 6.45) is -4.29. The second-order valence-electron chi connectivity index (χ2n) is 8.58. The second-order valence-corrected chi connectivity index (χ2v) is 11.6. The first-order chi connectivity index (χ1) is 17.3. The van der Waals surface area contributed by atoms with Crippen LogP contribution in [-0.2, 0) is 35.9 Å². The smallest absolute Gasteiger partial charge is 0.452 e. The minimum atomic E-state index is -4.75. The highest BCUT2D eigenvalue weighted by Gasteiger charge is 2.74. The van der Waals surface area contributed by atoms with Crippen molar-refractivity contribution in [1.29, 1.82) is 0 Å². The molecule has 14 heteroatoms. The largest absolute Gasteiger partial charge is 0.480 e. The van der Waals surface area contributed by atoms with Gasteiger partial charge >= 0.3 is 18.1 Å². The van der Waals surface area contributed by atoms with E-state index >= 15 is 0 Å². The summed E-state index contributed by atoms with van der Waals surface area (Å²) in [5.74, 6) is -3.20. The molecule has 2 aromatic heterocycles. The lowest BCUT2D eigenvalue weighted by atomic mass is 9.86. The number of hydrogen-bond acceptors (Lipinski definition) is 8. The van der Waals surface area contributed by atoms with Gasteiger partial charge in [0.2, 0.25) is 5.76 Å². The number of halogens is 3. The van der Waals surface area contributed by atoms with Gasteiger partial charge in [-0.1, -0.05) is 35.5 Å². The first kappa shape index (κ1) is 26.8. The summed E-state index contributed by atoms with van der Waals surface area (Å²) in [7, 11) is -4.41. The zero-order chi connectivity index (χ0) is 27.1. The number of nitrogens with one attached hydrogen (secondary N) is 1. The summed E-state index contributed by atoms with van der Waals surface area (Å²) in [6, 6.07) is 11.6. The maximum Gasteiger partial charge on any atom is 0.452 e. The SMILES string of the molecule is CC(=O)OCCC[C@@]1(c2ccccc2)C[C@]1(NS(=O)(=O)c1ccc(-c2cc(C(F)(F)F)on2)s1)C(=O)O. The number of esters is 1. The van der Waals surface area contributed by atoms with Gasteiger partial charge in [0.25, 0.3) is 10.0 Å². The highest BCUT2D eigenvalue weighted by atomic mass is 32.2. The molecular formula is C23H21F3N2O7S2. The maximum absolute atomic E-state index is 13.3. The monoisotopic (exact) mass is 558 g/mol. The number of aromatic nitrogens is 1. The molecule has 1 aromatic carbocycles. The van der Waals surface area contributed by atoms with E-state index in [9.17, 15) is 36.3 Å². The summed E-state index contributed by atoms with van der Waals surface area (Å²) in [5, 5.41) is 13.5. The van der Waals surface area contributed by atoms with Crippen LogP contribution in [0.2, 0.25) is 0 Å². The topological polar surface area (TPSA) is 136 Å². The molecule has 0 saturated heterocycles. The average Bonchev–Trinajstić information content (AvgIpc) is 3.21. The summed E-state index contributed by atoms with van der Waals surface area (Å²) >= 11 is 0.627. The molecule has 0 amide bonds. The fraction of sp³-hybridized carbons (Fsp3) is 0.348. The van der Waals surface area contributed by atoms with Crippen molar-refractivity contribution in [2.75, 3.05) is 6.61 Å². The van der Waals surface area contributed by atoms with Gasteiger partial charge in [0.15, 0.2) is 0 Å². The van der Waals surface area contributed by atoms with Gasteiger partial charge in [-0.05, 0) is 37.0 Å². The van der Waals surface area contributed by atoms with E-state index in [0.29, 0.717) is 29.4 Å². The van der Waals surface area contributed by atoms with Gasteiger partial charge in [0, 0.05) is 18.4 Å². The number of sulfonamides is 1. The van der Waals surface area contributed by atoms with Crippen LogP contribution in [0.1, 0.15) is 37.5 Å². The molecule has 37 heavy (non-hydrogen) atoms. The van der Waals surface area contributed by atoms with Gasteiger partial charge in [-0.2, -0.15) is 17.9 Å². The van der Waals surface area contributed by atoms with Gasteiger partial charge in [-0.3, -0.25) is 9.59 Å². The Balaban J connectivity index is 1.62. The van der Waals surface area contributed by atoms with Crippen LogP contribution in [0, 0.1) is 0 Å². The number of carboxylic acids is 1. The Kier molecular flexibility index (Phi) is 6.94. The fourth-order valence-corrected chi connectivity index (χ4v) is 7.10. The van der Waals surface area contributed by atoms with E-state index in [4.69, 9.17) is 4.74 Å². The molecule has 0 unspecified atom stereocenters. The van der Waals surface area contributed by atoms with Crippen LogP contribution >= 0.6 is 11.3 Å². The molecule has 3 aromatic rings. The maximum atomic E-state index is 13.3. The van der Waals surface area contributed by atoms with E-state index in [0.717, 1.165) is 6.07 Å². The Morgan fingerprint density at radius 3 is 2.51 bits per heavy atom. The van der Waals surface area contributed by atoms with E-state index < -0.39 is 44.9 Å². The molecule has 0 bridgehead atoms. The Hall–Kier alpha value is -3.23. The molecule has 198 valence electrons. The first-order valence-corrected chi connectivity index (χ1v) is 13.2. The summed E-state index contributed by atoms with van der Waals surface area (Å²) in [6.45, 7) is 1.29. The number of ether oxygens (including phenoxy) is 1. The van der Waals surface area contributed by atoms with E-state index in [-0.39, 0.29) is 34.2 Å². The lowest BCUT2D eigenvalue weighted by Gasteiger charge is -2.24. The molecule has 1 fully saturated rings. The van der Waals surface area contributed by atoms with Crippen molar-refractivity contribution >= 4 is 33.3 Å². The number of carbonyl (C=O) groups is 2. The van der Waals surface area contributed by atoms with Gasteiger partial charge in [-0.15, -0.1) is 11.3 Å². The molecule has 1 aliphatic rings. The zero-order valence-corrected chi connectivity index (χ0v) is 20.9. The van der Waals surface area contributed by atoms with E-state index in [1.165, 1.54) is 13.0 Å². The Morgan fingerprint density at radius 2 is 1.92 bits per heavy atom. The van der Waals surface area contributed by atoms with Crippen molar-refractivity contribution < 1.29 is 45.5 Å². The number of aliphatic carboxylic acids is 1. The van der Waals surface area contributed by atoms with Crippen molar-refractivity contribution in [3.63, 3.8) is 0 Å². The molecule has 1 aliphatic carbocycles. The lowest BCUT2D eigenvalue weighted by molar-refractivity contribution is -0.155. The third-order valence-corrected chi connectivity index (χ3v) is 9.29. The van der Waals surface area contributed by atoms with Crippen molar-refractivity contribution in [2.45, 2.75) is 47.5 Å². The number of alkyl halides is 3. The predicted molar refractivity (Wildman–Crippen MR) is 124 cm³/mol. The third kappa shape index (κ3) is 5.13. The number of carboxylic acid groups (broad SMARTS) is 1. The fourth-order valence-electron chi connectivity index (χ4n) is 4.41. The Bertz CT molecular complexity index is 1420. The number of carbonyl (C=O) groups excluding carboxylic acids is 1. The van der Waals surface area contributed by atoms with Crippen LogP contribution in [0.25, 0.3) is 10.6 Å². The van der Waals surface area contributed by atoms with Crippen molar-refractivity contribution in [1.82, 2.24) is 9.88 Å². The molecule has 0 aliphatic heterocycles. The van der Waals surface area contributed by atoms with Crippen LogP contribution in [0.15, 0.2) is 57.3 Å². The Morgan fingerprint density at radius 1 is 1.22 bits per heavy atom. The van der Waals surface area contributed by atoms with Gasteiger partial charge in [0.1, 0.15) is 15.4 Å². The normalized spacial score (nSPS) is 21.5. The molecule has 4 rings (SSSR count). The quantitative estimate of drug-likeness (QED) is 0.279. The van der Waals surface area contributed by atoms with Gasteiger partial charge in [-0.25, -0.2) is 8.42 Å². The van der Waals surface area contributed by atoms with Crippen molar-refractivity contribution in [3.05, 3.63) is 59.9 Å². The number of benzene rings is 1. The van der Waals surface area contributed by atoms with Gasteiger partial charge in [0.05, 0.1) is 11.5 Å². The molecule has 2 atom stereocenters. The highest BCUT2D eigenvalue weighted by Crippen LogP contribution is 2.61. The molecular weight excluding hydrogens is 537 g/mol. The van der Waals surface area contributed by atoms with E-state index in [1.807, 2.05) is 0 Å². The average molecular weight is 559 g/mol.